The number of hydrogen-bond donors (Lipinski definition) is 0. The van der Waals surface area contributed by atoms with E-state index in [2.05, 4.69) is 23.8 Å². The average Bonchev–Trinajstić information content (AvgIpc) is 2.35. The van der Waals surface area contributed by atoms with Gasteiger partial charge in [-0.3, -0.25) is 0 Å². The summed E-state index contributed by atoms with van der Waals surface area (Å²) in [7, 11) is 2.27. The lowest BCUT2D eigenvalue weighted by Crippen LogP contribution is -2.42. The molecule has 0 amide bonds. The zero-order valence-electron chi connectivity index (χ0n) is 12.4. The van der Waals surface area contributed by atoms with Crippen molar-refractivity contribution in [1.29, 1.82) is 0 Å². The van der Waals surface area contributed by atoms with Gasteiger partial charge in [-0.25, -0.2) is 0 Å². The molecule has 2 nitrogen and oxygen atoms in total. The molecule has 102 valence electrons. The van der Waals surface area contributed by atoms with Crippen molar-refractivity contribution < 1.29 is 0 Å². The Labute approximate surface area is 108 Å². The van der Waals surface area contributed by atoms with Crippen molar-refractivity contribution in [1.82, 2.24) is 9.80 Å². The van der Waals surface area contributed by atoms with Gasteiger partial charge in [-0.2, -0.15) is 0 Å². The first kappa shape index (κ1) is 15.0. The van der Waals surface area contributed by atoms with Crippen LogP contribution in [0.25, 0.3) is 0 Å². The van der Waals surface area contributed by atoms with Gasteiger partial charge in [-0.15, -0.1) is 0 Å². The third-order valence-corrected chi connectivity index (χ3v) is 4.11. The van der Waals surface area contributed by atoms with Crippen LogP contribution in [0.15, 0.2) is 0 Å². The maximum atomic E-state index is 2.70. The van der Waals surface area contributed by atoms with Gasteiger partial charge in [0.15, 0.2) is 0 Å². The molecule has 17 heavy (non-hydrogen) atoms. The van der Waals surface area contributed by atoms with Crippen molar-refractivity contribution in [3.63, 3.8) is 0 Å². The van der Waals surface area contributed by atoms with Crippen LogP contribution in [-0.2, 0) is 0 Å². The second-order valence-electron chi connectivity index (χ2n) is 5.75. The highest BCUT2D eigenvalue weighted by molar-refractivity contribution is 4.77. The Morgan fingerprint density at radius 3 is 2.24 bits per heavy atom. The van der Waals surface area contributed by atoms with E-state index in [9.17, 15) is 0 Å². The molecule has 2 aliphatic heterocycles. The van der Waals surface area contributed by atoms with Gasteiger partial charge in [0.2, 0.25) is 0 Å². The van der Waals surface area contributed by atoms with Crippen molar-refractivity contribution in [2.24, 2.45) is 11.8 Å². The third kappa shape index (κ3) is 5.39. The van der Waals surface area contributed by atoms with Crippen LogP contribution in [0.5, 0.6) is 0 Å². The van der Waals surface area contributed by atoms with Gasteiger partial charge in [0, 0.05) is 13.1 Å². The Balaban J connectivity index is 0.000000686. The van der Waals surface area contributed by atoms with Crippen molar-refractivity contribution in [2.75, 3.05) is 39.8 Å². The van der Waals surface area contributed by atoms with Crippen molar-refractivity contribution in [3.8, 4) is 0 Å². The standard InChI is InChI=1S/C13H26N2.C2H6/c1-12-5-8-15(9-6-12)11-13-4-3-7-14(2)10-13;1-2/h12-13H,3-11H2,1-2H3;1-2H3. The summed E-state index contributed by atoms with van der Waals surface area (Å²) in [5.74, 6) is 1.91. The average molecular weight is 240 g/mol. The van der Waals surface area contributed by atoms with Crippen LogP contribution in [0.4, 0.5) is 0 Å². The van der Waals surface area contributed by atoms with Gasteiger partial charge in [-0.1, -0.05) is 20.8 Å². The maximum absolute atomic E-state index is 2.70. The van der Waals surface area contributed by atoms with Gasteiger partial charge >= 0.3 is 0 Å². The summed E-state index contributed by atoms with van der Waals surface area (Å²) < 4.78 is 0. The molecule has 2 rings (SSSR count). The molecule has 1 atom stereocenters. The monoisotopic (exact) mass is 240 g/mol. The minimum absolute atomic E-state index is 0.942. The molecule has 0 N–H and O–H groups in total. The summed E-state index contributed by atoms with van der Waals surface area (Å²) in [6.45, 7) is 13.1. The van der Waals surface area contributed by atoms with Crippen LogP contribution in [-0.4, -0.2) is 49.6 Å². The van der Waals surface area contributed by atoms with E-state index in [-0.39, 0.29) is 0 Å². The molecular formula is C15H32N2. The van der Waals surface area contributed by atoms with Gasteiger partial charge in [0.25, 0.3) is 0 Å². The molecular weight excluding hydrogens is 208 g/mol. The molecule has 0 spiro atoms. The second-order valence-corrected chi connectivity index (χ2v) is 5.75. The van der Waals surface area contributed by atoms with Gasteiger partial charge < -0.3 is 9.80 Å². The number of rotatable bonds is 2. The third-order valence-electron chi connectivity index (χ3n) is 4.11. The first-order valence-electron chi connectivity index (χ1n) is 7.65. The van der Waals surface area contributed by atoms with E-state index in [1.165, 1.54) is 58.4 Å². The molecule has 0 aliphatic carbocycles. The predicted molar refractivity (Wildman–Crippen MR) is 76.4 cm³/mol. The molecule has 2 saturated heterocycles. The van der Waals surface area contributed by atoms with Crippen molar-refractivity contribution in [3.05, 3.63) is 0 Å². The van der Waals surface area contributed by atoms with Crippen molar-refractivity contribution in [2.45, 2.75) is 46.5 Å². The van der Waals surface area contributed by atoms with Gasteiger partial charge in [0.1, 0.15) is 0 Å². The normalized spacial score (nSPS) is 28.6. The quantitative estimate of drug-likeness (QED) is 0.732. The number of piperidine rings is 2. The van der Waals surface area contributed by atoms with E-state index >= 15 is 0 Å². The molecule has 0 radical (unpaired) electrons. The molecule has 2 aliphatic rings. The van der Waals surface area contributed by atoms with Crippen molar-refractivity contribution >= 4 is 0 Å². The second kappa shape index (κ2) is 8.10. The van der Waals surface area contributed by atoms with E-state index in [0.29, 0.717) is 0 Å². The van der Waals surface area contributed by atoms with Crippen LogP contribution in [0.1, 0.15) is 46.5 Å². The Morgan fingerprint density at radius 2 is 1.65 bits per heavy atom. The van der Waals surface area contributed by atoms with Gasteiger partial charge in [0.05, 0.1) is 0 Å². The van der Waals surface area contributed by atoms with Crippen LogP contribution in [0.2, 0.25) is 0 Å². The molecule has 0 aromatic heterocycles. The number of hydrogen-bond acceptors (Lipinski definition) is 2. The summed E-state index contributed by atoms with van der Waals surface area (Å²) in [5, 5.41) is 0. The van der Waals surface area contributed by atoms with E-state index < -0.39 is 0 Å². The minimum atomic E-state index is 0.942. The Kier molecular flexibility index (Phi) is 7.14. The summed E-state index contributed by atoms with van der Waals surface area (Å²) >= 11 is 0. The Morgan fingerprint density at radius 1 is 1.00 bits per heavy atom. The summed E-state index contributed by atoms with van der Waals surface area (Å²) in [5.41, 5.74) is 0. The maximum Gasteiger partial charge on any atom is 0.00219 e. The zero-order chi connectivity index (χ0) is 12.7. The SMILES string of the molecule is CC.CC1CCN(CC2CCCN(C)C2)CC1. The van der Waals surface area contributed by atoms with Crippen LogP contribution < -0.4 is 0 Å². The first-order valence-corrected chi connectivity index (χ1v) is 7.65. The number of nitrogens with zero attached hydrogens (tertiary/aromatic N) is 2. The smallest absolute Gasteiger partial charge is 0.00219 e. The molecule has 2 heteroatoms. The Bertz CT molecular complexity index is 185. The van der Waals surface area contributed by atoms with E-state index in [1.54, 1.807) is 0 Å². The minimum Gasteiger partial charge on any atom is -0.306 e. The summed E-state index contributed by atoms with van der Waals surface area (Å²) in [6, 6.07) is 0. The lowest BCUT2D eigenvalue weighted by Gasteiger charge is -2.36. The van der Waals surface area contributed by atoms with E-state index in [1.807, 2.05) is 13.8 Å². The largest absolute Gasteiger partial charge is 0.306 e. The molecule has 0 aromatic rings. The Hall–Kier alpha value is -0.0800. The molecule has 2 fully saturated rings. The van der Waals surface area contributed by atoms with Crippen LogP contribution >= 0.6 is 0 Å². The molecule has 1 unspecified atom stereocenters. The highest BCUT2D eigenvalue weighted by Crippen LogP contribution is 2.20. The van der Waals surface area contributed by atoms with E-state index in [4.69, 9.17) is 0 Å². The highest BCUT2D eigenvalue weighted by Gasteiger charge is 2.22. The molecule has 0 aromatic carbocycles. The lowest BCUT2D eigenvalue weighted by atomic mass is 9.94. The molecule has 2 heterocycles. The first-order chi connectivity index (χ1) is 8.24. The molecule has 0 bridgehead atoms. The number of likely N-dealkylation sites (tertiary alicyclic amines) is 2. The fourth-order valence-electron chi connectivity index (χ4n) is 3.03. The predicted octanol–water partition coefficient (Wildman–Crippen LogP) is 3.09. The van der Waals surface area contributed by atoms with Crippen LogP contribution in [0, 0.1) is 11.8 Å². The summed E-state index contributed by atoms with van der Waals surface area (Å²) in [4.78, 5) is 5.20. The fourth-order valence-corrected chi connectivity index (χ4v) is 3.03. The summed E-state index contributed by atoms with van der Waals surface area (Å²) in [6.07, 6.45) is 5.70. The van der Waals surface area contributed by atoms with Crippen LogP contribution in [0.3, 0.4) is 0 Å². The fraction of sp³-hybridized carbons (Fsp3) is 1.00. The zero-order valence-corrected chi connectivity index (χ0v) is 12.4. The van der Waals surface area contributed by atoms with Gasteiger partial charge in [-0.05, 0) is 64.2 Å². The van der Waals surface area contributed by atoms with E-state index in [0.717, 1.165) is 11.8 Å². The lowest BCUT2D eigenvalue weighted by molar-refractivity contribution is 0.124. The highest BCUT2D eigenvalue weighted by atomic mass is 15.2. The topological polar surface area (TPSA) is 6.48 Å². The molecule has 0 saturated carbocycles.